The van der Waals surface area contributed by atoms with E-state index in [2.05, 4.69) is 0 Å². The molecule has 0 aliphatic rings. The van der Waals surface area contributed by atoms with Crippen LogP contribution in [-0.4, -0.2) is 30.5 Å². The zero-order valence-electron chi connectivity index (χ0n) is 5.45. The first-order chi connectivity index (χ1) is 4.56. The molecule has 0 spiro atoms. The maximum atomic E-state index is 10.1. The van der Waals surface area contributed by atoms with E-state index in [-0.39, 0.29) is 5.75 Å². The number of hydrogen-bond donors (Lipinski definition) is 3. The molecular formula is C4H11NO4S. The van der Waals surface area contributed by atoms with Crippen LogP contribution in [0.3, 0.4) is 0 Å². The Morgan fingerprint density at radius 3 is 2.30 bits per heavy atom. The molecule has 5 nitrogen and oxygen atoms in total. The van der Waals surface area contributed by atoms with Crippen LogP contribution < -0.4 is 5.48 Å². The maximum Gasteiger partial charge on any atom is 0.264 e. The van der Waals surface area contributed by atoms with Gasteiger partial charge in [0.25, 0.3) is 10.1 Å². The summed E-state index contributed by atoms with van der Waals surface area (Å²) in [5.74, 6) is -0.241. The van der Waals surface area contributed by atoms with Crippen molar-refractivity contribution in [2.75, 3.05) is 12.3 Å². The van der Waals surface area contributed by atoms with Gasteiger partial charge in [-0.1, -0.05) is 0 Å². The SMILES string of the molecule is O=S(=O)(O)CCCCNO. The van der Waals surface area contributed by atoms with Gasteiger partial charge in [-0.2, -0.15) is 8.42 Å². The van der Waals surface area contributed by atoms with E-state index < -0.39 is 10.1 Å². The highest BCUT2D eigenvalue weighted by molar-refractivity contribution is 7.85. The Kier molecular flexibility index (Phi) is 4.54. The lowest BCUT2D eigenvalue weighted by molar-refractivity contribution is 0.165. The molecule has 0 saturated heterocycles. The summed E-state index contributed by atoms with van der Waals surface area (Å²) in [5.41, 5.74) is 1.88. The van der Waals surface area contributed by atoms with Gasteiger partial charge in [0.1, 0.15) is 0 Å². The van der Waals surface area contributed by atoms with Crippen LogP contribution in [0.1, 0.15) is 12.8 Å². The van der Waals surface area contributed by atoms with Crippen LogP contribution >= 0.6 is 0 Å². The summed E-state index contributed by atoms with van der Waals surface area (Å²) in [7, 11) is -3.81. The lowest BCUT2D eigenvalue weighted by Crippen LogP contribution is -2.11. The van der Waals surface area contributed by atoms with Crippen molar-refractivity contribution < 1.29 is 18.2 Å². The Hall–Kier alpha value is -0.170. The van der Waals surface area contributed by atoms with Crippen molar-refractivity contribution in [3.8, 4) is 0 Å². The van der Waals surface area contributed by atoms with Crippen LogP contribution in [0.25, 0.3) is 0 Å². The Morgan fingerprint density at radius 2 is 1.90 bits per heavy atom. The molecule has 0 unspecified atom stereocenters. The van der Waals surface area contributed by atoms with Gasteiger partial charge >= 0.3 is 0 Å². The molecule has 10 heavy (non-hydrogen) atoms. The van der Waals surface area contributed by atoms with Crippen LogP contribution in [0.4, 0.5) is 0 Å². The molecule has 0 rings (SSSR count). The van der Waals surface area contributed by atoms with Gasteiger partial charge in [-0.15, -0.1) is 0 Å². The van der Waals surface area contributed by atoms with Gasteiger partial charge in [0.15, 0.2) is 0 Å². The lowest BCUT2D eigenvalue weighted by Gasteiger charge is -1.95. The van der Waals surface area contributed by atoms with Crippen molar-refractivity contribution in [1.29, 1.82) is 0 Å². The van der Waals surface area contributed by atoms with Gasteiger partial charge in [-0.3, -0.25) is 4.55 Å². The van der Waals surface area contributed by atoms with Crippen molar-refractivity contribution in [1.82, 2.24) is 5.48 Å². The summed E-state index contributed by atoms with van der Waals surface area (Å²) >= 11 is 0. The Morgan fingerprint density at radius 1 is 1.30 bits per heavy atom. The van der Waals surface area contributed by atoms with Gasteiger partial charge in [-0.25, -0.2) is 5.48 Å². The Labute approximate surface area is 59.8 Å². The zero-order valence-corrected chi connectivity index (χ0v) is 6.26. The number of nitrogens with one attached hydrogen (secondary N) is 1. The normalized spacial score (nSPS) is 11.8. The van der Waals surface area contributed by atoms with E-state index in [4.69, 9.17) is 9.76 Å². The van der Waals surface area contributed by atoms with Gasteiger partial charge in [0.05, 0.1) is 5.75 Å². The molecule has 0 aromatic heterocycles. The van der Waals surface area contributed by atoms with E-state index in [1.54, 1.807) is 0 Å². The molecule has 0 aromatic rings. The molecule has 3 N–H and O–H groups in total. The summed E-state index contributed by atoms with van der Waals surface area (Å²) < 4.78 is 28.3. The molecule has 0 aliphatic heterocycles. The predicted octanol–water partition coefficient (Wildman–Crippen LogP) is -0.367. The summed E-state index contributed by atoms with van der Waals surface area (Å²) in [6.07, 6.45) is 0.878. The van der Waals surface area contributed by atoms with Crippen LogP contribution in [0.5, 0.6) is 0 Å². The van der Waals surface area contributed by atoms with E-state index in [1.165, 1.54) is 0 Å². The third kappa shape index (κ3) is 7.83. The molecule has 0 aliphatic carbocycles. The molecule has 0 heterocycles. The zero-order chi connectivity index (χ0) is 8.04. The second-order valence-corrected chi connectivity index (χ2v) is 3.47. The molecule has 0 amide bonds. The van der Waals surface area contributed by atoms with Gasteiger partial charge in [-0.05, 0) is 12.8 Å². The smallest absolute Gasteiger partial charge is 0.264 e. The van der Waals surface area contributed by atoms with Crippen molar-refractivity contribution in [2.45, 2.75) is 12.8 Å². The number of rotatable bonds is 5. The van der Waals surface area contributed by atoms with Crippen molar-refractivity contribution in [3.63, 3.8) is 0 Å². The average molecular weight is 169 g/mol. The largest absolute Gasteiger partial charge is 0.317 e. The van der Waals surface area contributed by atoms with Gasteiger partial charge < -0.3 is 5.21 Å². The third-order valence-electron chi connectivity index (χ3n) is 0.941. The first-order valence-corrected chi connectivity index (χ1v) is 4.49. The highest BCUT2D eigenvalue weighted by Crippen LogP contribution is 1.91. The molecule has 62 valence electrons. The van der Waals surface area contributed by atoms with Gasteiger partial charge in [0, 0.05) is 6.54 Å². The summed E-state index contributed by atoms with van der Waals surface area (Å²) in [4.78, 5) is 0. The van der Waals surface area contributed by atoms with Gasteiger partial charge in [0.2, 0.25) is 0 Å². The number of unbranched alkanes of at least 4 members (excludes halogenated alkanes) is 1. The first-order valence-electron chi connectivity index (χ1n) is 2.88. The van der Waals surface area contributed by atoms with Crippen LogP contribution in [0, 0.1) is 0 Å². The first kappa shape index (κ1) is 9.83. The topological polar surface area (TPSA) is 86.6 Å². The quantitative estimate of drug-likeness (QED) is 0.297. The second kappa shape index (κ2) is 4.62. The molecule has 0 radical (unpaired) electrons. The van der Waals surface area contributed by atoms with E-state index in [1.807, 2.05) is 5.48 Å². The van der Waals surface area contributed by atoms with E-state index >= 15 is 0 Å². The summed E-state index contributed by atoms with van der Waals surface area (Å²) in [6, 6.07) is 0. The highest BCUT2D eigenvalue weighted by atomic mass is 32.2. The Balaban J connectivity index is 3.21. The average Bonchev–Trinajstić information content (AvgIpc) is 1.78. The number of hydroxylamine groups is 1. The fourth-order valence-electron chi connectivity index (χ4n) is 0.489. The van der Waals surface area contributed by atoms with Crippen LogP contribution in [0.2, 0.25) is 0 Å². The molecule has 0 atom stereocenters. The van der Waals surface area contributed by atoms with Crippen molar-refractivity contribution >= 4 is 10.1 Å². The summed E-state index contributed by atoms with van der Waals surface area (Å²) in [5, 5.41) is 8.03. The van der Waals surface area contributed by atoms with E-state index in [0.717, 1.165) is 0 Å². The van der Waals surface area contributed by atoms with E-state index in [0.29, 0.717) is 19.4 Å². The monoisotopic (exact) mass is 169 g/mol. The second-order valence-electron chi connectivity index (χ2n) is 1.90. The third-order valence-corrected chi connectivity index (χ3v) is 1.75. The maximum absolute atomic E-state index is 10.1. The van der Waals surface area contributed by atoms with Crippen molar-refractivity contribution in [2.24, 2.45) is 0 Å². The minimum Gasteiger partial charge on any atom is -0.317 e. The highest BCUT2D eigenvalue weighted by Gasteiger charge is 2.01. The minimum atomic E-state index is -3.81. The van der Waals surface area contributed by atoms with E-state index in [9.17, 15) is 8.42 Å². The lowest BCUT2D eigenvalue weighted by atomic mass is 10.3. The molecule has 6 heteroatoms. The van der Waals surface area contributed by atoms with Crippen LogP contribution in [-0.2, 0) is 10.1 Å². The standard InChI is InChI=1S/C4H11NO4S/c6-5-3-1-2-4-10(7,8)9/h5-6H,1-4H2,(H,7,8,9). The molecule has 0 saturated carbocycles. The fraction of sp³-hybridized carbons (Fsp3) is 1.00. The number of hydrogen-bond acceptors (Lipinski definition) is 4. The molecule has 0 fully saturated rings. The fourth-order valence-corrected chi connectivity index (χ4v) is 1.06. The summed E-state index contributed by atoms with van der Waals surface area (Å²) in [6.45, 7) is 0.343. The Bertz CT molecular complexity index is 164. The molecule has 0 bridgehead atoms. The predicted molar refractivity (Wildman–Crippen MR) is 35.4 cm³/mol. The van der Waals surface area contributed by atoms with Crippen LogP contribution in [0.15, 0.2) is 0 Å². The molecule has 0 aromatic carbocycles. The minimum absolute atomic E-state index is 0.241. The van der Waals surface area contributed by atoms with Crippen molar-refractivity contribution in [3.05, 3.63) is 0 Å². The molecular weight excluding hydrogens is 158 g/mol.